The van der Waals surface area contributed by atoms with Crippen molar-refractivity contribution in [2.75, 3.05) is 17.2 Å². The molecule has 0 unspecified atom stereocenters. The van der Waals surface area contributed by atoms with Crippen LogP contribution in [0.25, 0.3) is 11.4 Å². The molecule has 5 N–H and O–H groups in total. The summed E-state index contributed by atoms with van der Waals surface area (Å²) in [6.07, 6.45) is 0. The number of nitrogens with zero attached hydrogens (tertiary/aromatic N) is 3. The average molecular weight is 535 g/mol. The Bertz CT molecular complexity index is 1580. The first-order chi connectivity index (χ1) is 19.5. The Balaban J connectivity index is 1.32. The molecule has 0 saturated heterocycles. The Hall–Kier alpha value is -5.64. The molecule has 0 bridgehead atoms. The molecule has 0 fully saturated rings. The van der Waals surface area contributed by atoms with E-state index >= 15 is 0 Å². The number of nitrogens with one attached hydrogen (secondary N) is 2. The predicted molar refractivity (Wildman–Crippen MR) is 152 cm³/mol. The van der Waals surface area contributed by atoms with E-state index in [2.05, 4.69) is 25.6 Å². The molecule has 0 radical (unpaired) electrons. The quantitative estimate of drug-likeness (QED) is 0.167. The van der Waals surface area contributed by atoms with Crippen LogP contribution in [0.15, 0.2) is 103 Å². The third-order valence-corrected chi connectivity index (χ3v) is 5.58. The number of aromatic hydroxyl groups is 1. The molecule has 0 saturated carbocycles. The summed E-state index contributed by atoms with van der Waals surface area (Å²) in [7, 11) is 0. The maximum absolute atomic E-state index is 11.3. The molecule has 10 nitrogen and oxygen atoms in total. The van der Waals surface area contributed by atoms with E-state index in [9.17, 15) is 9.90 Å². The molecule has 0 atom stereocenters. The van der Waals surface area contributed by atoms with Crippen LogP contribution in [0.5, 0.6) is 23.0 Å². The Morgan fingerprint density at radius 3 is 2.25 bits per heavy atom. The Morgan fingerprint density at radius 2 is 1.50 bits per heavy atom. The molecule has 0 spiro atoms. The maximum Gasteiger partial charge on any atom is 0.236 e. The zero-order valence-electron chi connectivity index (χ0n) is 21.3. The highest BCUT2D eigenvalue weighted by Crippen LogP contribution is 2.28. The molecule has 0 aliphatic rings. The van der Waals surface area contributed by atoms with Crippen molar-refractivity contribution in [3.63, 3.8) is 0 Å². The zero-order chi connectivity index (χ0) is 27.7. The summed E-state index contributed by atoms with van der Waals surface area (Å²) in [6, 6.07) is 31.1. The summed E-state index contributed by atoms with van der Waals surface area (Å²) in [4.78, 5) is 24.6. The van der Waals surface area contributed by atoms with Crippen LogP contribution >= 0.6 is 0 Å². The van der Waals surface area contributed by atoms with Crippen molar-refractivity contribution in [2.24, 2.45) is 5.73 Å². The lowest BCUT2D eigenvalue weighted by atomic mass is 10.2. The number of phenolic OH excluding ortho intramolecular Hbond substituents is 1. The van der Waals surface area contributed by atoms with E-state index in [1.807, 2.05) is 72.8 Å². The number of benzene rings is 4. The van der Waals surface area contributed by atoms with Gasteiger partial charge in [0.2, 0.25) is 17.8 Å². The minimum atomic E-state index is -0.554. The highest BCUT2D eigenvalue weighted by Gasteiger charge is 2.11. The second-order valence-electron chi connectivity index (χ2n) is 8.67. The number of rotatable bonds is 11. The summed E-state index contributed by atoms with van der Waals surface area (Å²) in [5, 5.41) is 15.4. The lowest BCUT2D eigenvalue weighted by Gasteiger charge is -2.11. The SMILES string of the molecule is NC(=O)CNc1nc(Nc2ccc(O)cc2)nc(-c2cccc(Oc3ccc(OCc4ccccc4)cc3)c2)n1. The highest BCUT2D eigenvalue weighted by atomic mass is 16.5. The van der Waals surface area contributed by atoms with Crippen LogP contribution in [-0.4, -0.2) is 32.5 Å². The third-order valence-electron chi connectivity index (χ3n) is 5.58. The first-order valence-electron chi connectivity index (χ1n) is 12.4. The van der Waals surface area contributed by atoms with Gasteiger partial charge in [-0.05, 0) is 66.2 Å². The number of anilines is 3. The third kappa shape index (κ3) is 7.23. The van der Waals surface area contributed by atoms with Gasteiger partial charge in [0.15, 0.2) is 5.82 Å². The van der Waals surface area contributed by atoms with Crippen molar-refractivity contribution in [1.82, 2.24) is 15.0 Å². The van der Waals surface area contributed by atoms with Gasteiger partial charge < -0.3 is 30.9 Å². The van der Waals surface area contributed by atoms with Crippen LogP contribution in [-0.2, 0) is 11.4 Å². The van der Waals surface area contributed by atoms with Crippen molar-refractivity contribution >= 4 is 23.5 Å². The number of primary amides is 1. The van der Waals surface area contributed by atoms with Gasteiger partial charge >= 0.3 is 0 Å². The normalized spacial score (nSPS) is 10.5. The molecule has 0 aliphatic heterocycles. The van der Waals surface area contributed by atoms with Crippen molar-refractivity contribution in [2.45, 2.75) is 6.61 Å². The van der Waals surface area contributed by atoms with E-state index in [-0.39, 0.29) is 24.2 Å². The fraction of sp³-hybridized carbons (Fsp3) is 0.0667. The molecule has 10 heteroatoms. The number of carbonyl (C=O) groups excluding carboxylic acids is 1. The van der Waals surface area contributed by atoms with Gasteiger partial charge in [0, 0.05) is 11.3 Å². The number of hydrogen-bond donors (Lipinski definition) is 4. The molecule has 40 heavy (non-hydrogen) atoms. The molecule has 1 aromatic heterocycles. The Kier molecular flexibility index (Phi) is 7.97. The smallest absolute Gasteiger partial charge is 0.236 e. The monoisotopic (exact) mass is 534 g/mol. The summed E-state index contributed by atoms with van der Waals surface area (Å²) >= 11 is 0. The fourth-order valence-corrected chi connectivity index (χ4v) is 3.66. The van der Waals surface area contributed by atoms with E-state index in [1.165, 1.54) is 0 Å². The van der Waals surface area contributed by atoms with Gasteiger partial charge in [0.25, 0.3) is 0 Å². The number of carbonyl (C=O) groups is 1. The minimum absolute atomic E-state index is 0.136. The number of nitrogens with two attached hydrogens (primary N) is 1. The predicted octanol–water partition coefficient (Wildman–Crippen LogP) is 5.26. The summed E-state index contributed by atoms with van der Waals surface area (Å²) < 4.78 is 11.9. The molecule has 5 rings (SSSR count). The van der Waals surface area contributed by atoms with E-state index < -0.39 is 5.91 Å². The second kappa shape index (κ2) is 12.3. The van der Waals surface area contributed by atoms with E-state index in [0.29, 0.717) is 35.2 Å². The molecule has 200 valence electrons. The Labute approximate surface area is 230 Å². The minimum Gasteiger partial charge on any atom is -0.508 e. The first kappa shape index (κ1) is 26.0. The molecule has 1 heterocycles. The van der Waals surface area contributed by atoms with Crippen molar-refractivity contribution in [3.05, 3.63) is 109 Å². The molecule has 1 amide bonds. The van der Waals surface area contributed by atoms with Crippen LogP contribution in [0, 0.1) is 0 Å². The van der Waals surface area contributed by atoms with Crippen molar-refractivity contribution in [1.29, 1.82) is 0 Å². The van der Waals surface area contributed by atoms with E-state index in [1.54, 1.807) is 30.3 Å². The van der Waals surface area contributed by atoms with Crippen LogP contribution in [0.4, 0.5) is 17.6 Å². The molecular weight excluding hydrogens is 508 g/mol. The largest absolute Gasteiger partial charge is 0.508 e. The standard InChI is InChI=1S/C30H26N6O4/c31-27(38)18-32-29-34-28(35-30(36-29)33-22-9-11-23(37)12-10-22)21-7-4-8-26(17-21)40-25-15-13-24(14-16-25)39-19-20-5-2-1-3-6-20/h1-17,37H,18-19H2,(H2,31,38)(H2,32,33,34,35,36). The van der Waals surface area contributed by atoms with Gasteiger partial charge in [0.05, 0.1) is 6.54 Å². The number of hydrogen-bond acceptors (Lipinski definition) is 9. The number of amides is 1. The topological polar surface area (TPSA) is 145 Å². The van der Waals surface area contributed by atoms with Crippen LogP contribution in [0.2, 0.25) is 0 Å². The van der Waals surface area contributed by atoms with Crippen LogP contribution in [0.1, 0.15) is 5.56 Å². The average Bonchev–Trinajstić information content (AvgIpc) is 2.97. The summed E-state index contributed by atoms with van der Waals surface area (Å²) in [6.45, 7) is 0.339. The summed E-state index contributed by atoms with van der Waals surface area (Å²) in [5.41, 5.74) is 7.69. The van der Waals surface area contributed by atoms with Gasteiger partial charge in [0.1, 0.15) is 29.6 Å². The van der Waals surface area contributed by atoms with Gasteiger partial charge in [-0.3, -0.25) is 4.79 Å². The van der Waals surface area contributed by atoms with Crippen molar-refractivity contribution < 1.29 is 19.4 Å². The second-order valence-corrected chi connectivity index (χ2v) is 8.67. The molecule has 4 aromatic carbocycles. The van der Waals surface area contributed by atoms with Gasteiger partial charge in [-0.25, -0.2) is 0 Å². The lowest BCUT2D eigenvalue weighted by Crippen LogP contribution is -2.23. The van der Waals surface area contributed by atoms with E-state index in [4.69, 9.17) is 15.2 Å². The highest BCUT2D eigenvalue weighted by molar-refractivity contribution is 5.78. The van der Waals surface area contributed by atoms with Gasteiger partial charge in [-0.2, -0.15) is 15.0 Å². The summed E-state index contributed by atoms with van der Waals surface area (Å²) in [5.74, 6) is 2.29. The Morgan fingerprint density at radius 1 is 0.775 bits per heavy atom. The maximum atomic E-state index is 11.3. The number of phenols is 1. The fourth-order valence-electron chi connectivity index (χ4n) is 3.66. The van der Waals surface area contributed by atoms with Gasteiger partial charge in [-0.15, -0.1) is 0 Å². The number of ether oxygens (including phenoxy) is 2. The number of aromatic nitrogens is 3. The van der Waals surface area contributed by atoms with Crippen LogP contribution in [0.3, 0.4) is 0 Å². The molecular formula is C30H26N6O4. The first-order valence-corrected chi connectivity index (χ1v) is 12.4. The molecule has 5 aromatic rings. The van der Waals surface area contributed by atoms with Gasteiger partial charge in [-0.1, -0.05) is 42.5 Å². The molecule has 0 aliphatic carbocycles. The van der Waals surface area contributed by atoms with Crippen molar-refractivity contribution in [3.8, 4) is 34.4 Å². The van der Waals surface area contributed by atoms with Crippen LogP contribution < -0.4 is 25.8 Å². The van der Waals surface area contributed by atoms with E-state index in [0.717, 1.165) is 11.3 Å². The zero-order valence-corrected chi connectivity index (χ0v) is 21.3. The lowest BCUT2D eigenvalue weighted by molar-refractivity contribution is -0.116.